The van der Waals surface area contributed by atoms with Gasteiger partial charge in [0.25, 0.3) is 0 Å². The van der Waals surface area contributed by atoms with Crippen LogP contribution >= 0.6 is 0 Å². The van der Waals surface area contributed by atoms with Gasteiger partial charge in [0, 0.05) is 25.7 Å². The van der Waals surface area contributed by atoms with E-state index in [1.807, 2.05) is 0 Å². The zero-order valence-corrected chi connectivity index (χ0v) is 45.8. The van der Waals surface area contributed by atoms with Crippen molar-refractivity contribution in [3.63, 3.8) is 0 Å². The van der Waals surface area contributed by atoms with Crippen LogP contribution in [0.1, 0.15) is 109 Å². The van der Waals surface area contributed by atoms with Crippen molar-refractivity contribution in [2.45, 2.75) is 165 Å². The van der Waals surface area contributed by atoms with E-state index in [1.54, 1.807) is 44.2 Å². The average Bonchev–Trinajstić information content (AvgIpc) is 3.40. The summed E-state index contributed by atoms with van der Waals surface area (Å²) in [4.78, 5) is 159. The number of nitrogens with two attached hydrogens (primary N) is 4. The summed E-state index contributed by atoms with van der Waals surface area (Å²) in [5.41, 5.74) is 23.3. The van der Waals surface area contributed by atoms with E-state index in [-0.39, 0.29) is 50.3 Å². The van der Waals surface area contributed by atoms with Crippen LogP contribution in [0.5, 0.6) is 5.75 Å². The quantitative estimate of drug-likeness (QED) is 0.0305. The molecule has 0 saturated carbocycles. The Morgan fingerprint density at radius 2 is 0.840 bits per heavy atom. The van der Waals surface area contributed by atoms with E-state index in [1.165, 1.54) is 31.2 Å². The second-order valence-corrected chi connectivity index (χ2v) is 19.9. The van der Waals surface area contributed by atoms with Crippen molar-refractivity contribution < 1.29 is 78.0 Å². The number of primary amides is 1. The van der Waals surface area contributed by atoms with Crippen LogP contribution in [0.4, 0.5) is 0 Å². The minimum Gasteiger partial charge on any atom is -0.508 e. The normalized spacial score (nSPS) is 14.4. The van der Waals surface area contributed by atoms with Gasteiger partial charge in [-0.1, -0.05) is 62.7 Å². The first kappa shape index (κ1) is 68.9. The first-order chi connectivity index (χ1) is 38.2. The minimum absolute atomic E-state index is 0.0310. The van der Waals surface area contributed by atoms with Gasteiger partial charge in [-0.3, -0.25) is 57.5 Å². The maximum absolute atomic E-state index is 14.6. The lowest BCUT2D eigenvalue weighted by molar-refractivity contribution is -0.142. The lowest BCUT2D eigenvalue weighted by Gasteiger charge is -2.28. The van der Waals surface area contributed by atoms with Gasteiger partial charge in [0.2, 0.25) is 53.2 Å². The number of aliphatic carboxylic acids is 3. The van der Waals surface area contributed by atoms with Crippen molar-refractivity contribution in [1.82, 2.24) is 42.5 Å². The van der Waals surface area contributed by atoms with Gasteiger partial charge in [0.15, 0.2) is 0 Å². The molecule has 0 bridgehead atoms. The molecule has 2 aromatic carbocycles. The average molecular weight is 1140 g/mol. The summed E-state index contributed by atoms with van der Waals surface area (Å²) in [5, 5.41) is 58.4. The Hall–Kier alpha value is -8.24. The molecule has 9 amide bonds. The number of rotatable bonds is 39. The van der Waals surface area contributed by atoms with Crippen molar-refractivity contribution in [3.05, 3.63) is 65.7 Å². The Morgan fingerprint density at radius 3 is 1.28 bits per heavy atom. The fraction of sp³-hybridized carbons (Fsp3) is 0.547. The van der Waals surface area contributed by atoms with Crippen LogP contribution in [0.2, 0.25) is 0 Å². The number of nitrogens with one attached hydrogen (secondary N) is 8. The lowest BCUT2D eigenvalue weighted by Crippen LogP contribution is -2.61. The largest absolute Gasteiger partial charge is 0.508 e. The fourth-order valence-corrected chi connectivity index (χ4v) is 8.01. The Labute approximate surface area is 468 Å². The number of carbonyl (C=O) groups excluding carboxylic acids is 9. The Bertz CT molecular complexity index is 2450. The highest BCUT2D eigenvalue weighted by Crippen LogP contribution is 2.15. The molecule has 81 heavy (non-hydrogen) atoms. The van der Waals surface area contributed by atoms with Crippen molar-refractivity contribution in [3.8, 4) is 5.75 Å². The highest BCUT2D eigenvalue weighted by atomic mass is 16.4. The molecule has 0 unspecified atom stereocenters. The molecule has 0 saturated heterocycles. The maximum atomic E-state index is 14.6. The number of hydrogen-bond donors (Lipinski definition) is 16. The molecule has 0 spiro atoms. The second kappa shape index (κ2) is 36.1. The number of carbonyl (C=O) groups is 12. The first-order valence-electron chi connectivity index (χ1n) is 26.6. The molecule has 0 aliphatic heterocycles. The third-order valence-corrected chi connectivity index (χ3v) is 12.5. The summed E-state index contributed by atoms with van der Waals surface area (Å²) in [5.74, 6) is -13.5. The van der Waals surface area contributed by atoms with Crippen LogP contribution in [0, 0.1) is 5.92 Å². The summed E-state index contributed by atoms with van der Waals surface area (Å²) in [6.07, 6.45) is -1.96. The van der Waals surface area contributed by atoms with Crippen LogP contribution in [0.15, 0.2) is 54.6 Å². The van der Waals surface area contributed by atoms with E-state index in [0.29, 0.717) is 43.4 Å². The van der Waals surface area contributed by atoms with Crippen molar-refractivity contribution >= 4 is 71.1 Å². The van der Waals surface area contributed by atoms with Gasteiger partial charge in [-0.25, -0.2) is 0 Å². The first-order valence-corrected chi connectivity index (χ1v) is 26.6. The molecule has 448 valence electrons. The summed E-state index contributed by atoms with van der Waals surface area (Å²) in [6, 6.07) is 0.00242. The summed E-state index contributed by atoms with van der Waals surface area (Å²) < 4.78 is 0. The Morgan fingerprint density at radius 1 is 0.457 bits per heavy atom. The van der Waals surface area contributed by atoms with E-state index in [2.05, 4.69) is 42.5 Å². The maximum Gasteiger partial charge on any atom is 0.325 e. The highest BCUT2D eigenvalue weighted by molar-refractivity contribution is 5.99. The van der Waals surface area contributed by atoms with E-state index in [9.17, 15) is 78.0 Å². The molecule has 28 nitrogen and oxygen atoms in total. The molecule has 0 fully saturated rings. The zero-order valence-electron chi connectivity index (χ0n) is 45.8. The molecule has 0 aliphatic carbocycles. The molecule has 0 radical (unpaired) electrons. The molecule has 28 heteroatoms. The summed E-state index contributed by atoms with van der Waals surface area (Å²) in [6.45, 7) is 5.27. The van der Waals surface area contributed by atoms with Gasteiger partial charge >= 0.3 is 17.9 Å². The molecular formula is C53H80N12O16. The monoisotopic (exact) mass is 1140 g/mol. The van der Waals surface area contributed by atoms with Crippen LogP contribution in [-0.4, -0.2) is 159 Å². The van der Waals surface area contributed by atoms with Gasteiger partial charge < -0.3 is 85.9 Å². The van der Waals surface area contributed by atoms with E-state index < -0.39 is 158 Å². The van der Waals surface area contributed by atoms with Crippen LogP contribution < -0.4 is 65.5 Å². The van der Waals surface area contributed by atoms with E-state index in [0.717, 1.165) is 0 Å². The fourth-order valence-electron chi connectivity index (χ4n) is 8.01. The third kappa shape index (κ3) is 27.0. The highest BCUT2D eigenvalue weighted by Gasteiger charge is 2.36. The number of carboxylic acid groups (broad SMARTS) is 3. The zero-order chi connectivity index (χ0) is 60.8. The molecule has 0 aliphatic rings. The topological polar surface area (TPSA) is 486 Å². The van der Waals surface area contributed by atoms with Gasteiger partial charge in [-0.05, 0) is 101 Å². The minimum atomic E-state index is -1.76. The summed E-state index contributed by atoms with van der Waals surface area (Å²) in [7, 11) is 0. The molecule has 9 atom stereocenters. The van der Waals surface area contributed by atoms with Crippen LogP contribution in [-0.2, 0) is 70.4 Å². The standard InChI is InChI=1S/C53H80N12O16/c1-29(2)25-38(49(76)59-35(14-8-10-24-55)46(73)58-30(3)53(80)81)63-47(74)36(19-21-43(68)69)60-50(77)39(26-31-11-5-4-6-12-31)65-51(78)40(27-32-15-17-33(66)18-16-32)64-48(75)37(20-22-44(70)71)61-52(79)41(28-42(57)67)62-45(72)34(56)13-7-9-23-54/h4-6,11-12,15-18,29-30,34-41,66H,7-10,13-14,19-28,54-56H2,1-3H3,(H2,57,67)(H,58,73)(H,59,76)(H,60,77)(H,61,79)(H,62,72)(H,63,74)(H,64,75)(H,65,78)(H,68,69)(H,70,71)(H,80,81)/t30-,34-,35-,36-,37-,38-,39-,40-,41-/m0/s1. The number of benzene rings is 2. The van der Waals surface area contributed by atoms with Crippen molar-refractivity contribution in [2.75, 3.05) is 13.1 Å². The van der Waals surface area contributed by atoms with E-state index >= 15 is 0 Å². The number of amides is 9. The molecule has 0 heterocycles. The number of unbranched alkanes of at least 4 members (excludes halogenated alkanes) is 2. The number of phenolic OH excluding ortho intramolecular Hbond substituents is 1. The smallest absolute Gasteiger partial charge is 0.325 e. The number of carboxylic acids is 3. The summed E-state index contributed by atoms with van der Waals surface area (Å²) >= 11 is 0. The van der Waals surface area contributed by atoms with Crippen LogP contribution in [0.3, 0.4) is 0 Å². The SMILES string of the molecule is CC(C)C[C@H](NC(=O)[C@H](CCC(=O)O)NC(=O)[C@H](Cc1ccccc1)NC(=O)[C@H](Cc1ccc(O)cc1)NC(=O)[C@H](CCC(=O)O)NC(=O)[C@H](CC(N)=O)NC(=O)[C@@H](N)CCCCN)C(=O)N[C@@H](CCCCN)C(=O)N[C@@H](C)C(=O)O. The van der Waals surface area contributed by atoms with Gasteiger partial charge in [0.1, 0.15) is 54.1 Å². The van der Waals surface area contributed by atoms with Gasteiger partial charge in [-0.2, -0.15) is 0 Å². The second-order valence-electron chi connectivity index (χ2n) is 19.9. The van der Waals surface area contributed by atoms with Crippen molar-refractivity contribution in [2.24, 2.45) is 28.9 Å². The molecule has 2 rings (SSSR count). The predicted octanol–water partition coefficient (Wildman–Crippen LogP) is -2.60. The lowest BCUT2D eigenvalue weighted by atomic mass is 10.00. The molecule has 0 aromatic heterocycles. The Kier molecular flexibility index (Phi) is 30.7. The van der Waals surface area contributed by atoms with Crippen molar-refractivity contribution in [1.29, 1.82) is 0 Å². The number of aromatic hydroxyl groups is 1. The molecular weight excluding hydrogens is 1060 g/mol. The third-order valence-electron chi connectivity index (χ3n) is 12.5. The van der Waals surface area contributed by atoms with Crippen LogP contribution in [0.25, 0.3) is 0 Å². The van der Waals surface area contributed by atoms with E-state index in [4.69, 9.17) is 22.9 Å². The predicted molar refractivity (Wildman–Crippen MR) is 292 cm³/mol. The Balaban J connectivity index is 2.61. The number of hydrogen-bond acceptors (Lipinski definition) is 16. The van der Waals surface area contributed by atoms with Gasteiger partial charge in [0.05, 0.1) is 12.5 Å². The number of phenols is 1. The molecule has 2 aromatic rings. The molecule has 20 N–H and O–H groups in total. The van der Waals surface area contributed by atoms with Gasteiger partial charge in [-0.15, -0.1) is 0 Å².